The molecule has 0 amide bonds. The lowest BCUT2D eigenvalue weighted by molar-refractivity contribution is 0.0988. The third-order valence-corrected chi connectivity index (χ3v) is 3.24. The van der Waals surface area contributed by atoms with E-state index in [2.05, 4.69) is 15.9 Å². The Labute approximate surface area is 114 Å². The summed E-state index contributed by atoms with van der Waals surface area (Å²) < 4.78 is 14.6. The topological polar surface area (TPSA) is 17.1 Å². The van der Waals surface area contributed by atoms with Crippen molar-refractivity contribution in [3.05, 3.63) is 58.3 Å². The highest BCUT2D eigenvalue weighted by Gasteiger charge is 2.08. The number of rotatable bonds is 3. The van der Waals surface area contributed by atoms with E-state index in [1.807, 2.05) is 6.92 Å². The number of hydrogen-bond donors (Lipinski definition) is 0. The molecule has 0 aliphatic heterocycles. The predicted octanol–water partition coefficient (Wildman–Crippen LogP) is 4.85. The largest absolute Gasteiger partial charge is 0.294 e. The van der Waals surface area contributed by atoms with Crippen LogP contribution in [0, 0.1) is 5.82 Å². The van der Waals surface area contributed by atoms with Crippen molar-refractivity contribution in [3.8, 4) is 11.1 Å². The first kappa shape index (κ1) is 13.0. The summed E-state index contributed by atoms with van der Waals surface area (Å²) in [6, 6.07) is 11.8. The monoisotopic (exact) mass is 306 g/mol. The van der Waals surface area contributed by atoms with E-state index in [4.69, 9.17) is 0 Å². The Kier molecular flexibility index (Phi) is 3.92. The van der Waals surface area contributed by atoms with Crippen LogP contribution in [-0.2, 0) is 0 Å². The Bertz CT molecular complexity index is 593. The van der Waals surface area contributed by atoms with Crippen LogP contribution in [0.3, 0.4) is 0 Å². The zero-order valence-electron chi connectivity index (χ0n) is 9.91. The Morgan fingerprint density at radius 3 is 2.72 bits per heavy atom. The molecule has 0 saturated carbocycles. The molecule has 0 saturated heterocycles. The molecule has 3 heteroatoms. The summed E-state index contributed by atoms with van der Waals surface area (Å²) in [5.41, 5.74) is 1.83. The highest BCUT2D eigenvalue weighted by Crippen LogP contribution is 2.27. The average Bonchev–Trinajstić information content (AvgIpc) is 2.40. The molecule has 0 fully saturated rings. The fourth-order valence-corrected chi connectivity index (χ4v) is 2.14. The molecule has 0 aliphatic carbocycles. The van der Waals surface area contributed by atoms with Crippen LogP contribution in [0.4, 0.5) is 4.39 Å². The maximum absolute atomic E-state index is 13.8. The van der Waals surface area contributed by atoms with Gasteiger partial charge in [-0.3, -0.25) is 4.79 Å². The summed E-state index contributed by atoms with van der Waals surface area (Å²) in [6.45, 7) is 1.81. The zero-order chi connectivity index (χ0) is 13.1. The molecule has 2 aromatic carbocycles. The van der Waals surface area contributed by atoms with Crippen LogP contribution in [0.2, 0.25) is 0 Å². The first-order valence-corrected chi connectivity index (χ1v) is 6.50. The van der Waals surface area contributed by atoms with Gasteiger partial charge in [-0.25, -0.2) is 4.39 Å². The maximum Gasteiger partial charge on any atom is 0.162 e. The molecule has 2 rings (SSSR count). The molecule has 0 radical (unpaired) electrons. The number of carbonyl (C=O) groups excluding carboxylic acids is 1. The summed E-state index contributed by atoms with van der Waals surface area (Å²) in [7, 11) is 0. The lowest BCUT2D eigenvalue weighted by atomic mass is 10.0. The number of ketones is 1. The van der Waals surface area contributed by atoms with Crippen molar-refractivity contribution < 1.29 is 9.18 Å². The smallest absolute Gasteiger partial charge is 0.162 e. The molecule has 92 valence electrons. The number of benzene rings is 2. The molecule has 0 atom stereocenters. The summed E-state index contributed by atoms with van der Waals surface area (Å²) in [5.74, 6) is -0.230. The Morgan fingerprint density at radius 2 is 2.00 bits per heavy atom. The van der Waals surface area contributed by atoms with E-state index >= 15 is 0 Å². The lowest BCUT2D eigenvalue weighted by Crippen LogP contribution is -1.96. The van der Waals surface area contributed by atoms with E-state index in [1.165, 1.54) is 6.07 Å². The van der Waals surface area contributed by atoms with Gasteiger partial charge < -0.3 is 0 Å². The SMILES string of the molecule is CCC(=O)c1cccc(-c2cc(Br)ccc2F)c1. The van der Waals surface area contributed by atoms with Crippen molar-refractivity contribution in [1.82, 2.24) is 0 Å². The number of Topliss-reactive ketones (excluding diaryl/α,β-unsaturated/α-hetero) is 1. The summed E-state index contributed by atoms with van der Waals surface area (Å²) >= 11 is 3.32. The average molecular weight is 307 g/mol. The minimum absolute atomic E-state index is 0.0623. The van der Waals surface area contributed by atoms with Gasteiger partial charge in [0, 0.05) is 22.0 Å². The quantitative estimate of drug-likeness (QED) is 0.741. The second-order valence-electron chi connectivity index (χ2n) is 3.98. The van der Waals surface area contributed by atoms with Crippen LogP contribution >= 0.6 is 15.9 Å². The summed E-state index contributed by atoms with van der Waals surface area (Å²) in [6.07, 6.45) is 0.449. The molecular weight excluding hydrogens is 295 g/mol. The molecule has 0 aliphatic rings. The van der Waals surface area contributed by atoms with Crippen molar-refractivity contribution in [1.29, 1.82) is 0 Å². The Balaban J connectivity index is 2.51. The molecule has 0 unspecified atom stereocenters. The highest BCUT2D eigenvalue weighted by atomic mass is 79.9. The minimum Gasteiger partial charge on any atom is -0.294 e. The lowest BCUT2D eigenvalue weighted by Gasteiger charge is -2.06. The molecule has 2 aromatic rings. The van der Waals surface area contributed by atoms with Gasteiger partial charge in [0.1, 0.15) is 5.82 Å². The first-order chi connectivity index (χ1) is 8.61. The van der Waals surface area contributed by atoms with E-state index < -0.39 is 0 Å². The Morgan fingerprint density at radius 1 is 1.22 bits per heavy atom. The van der Waals surface area contributed by atoms with Gasteiger partial charge in [0.05, 0.1) is 0 Å². The molecule has 0 aromatic heterocycles. The molecule has 0 spiro atoms. The number of halogens is 2. The van der Waals surface area contributed by atoms with Crippen LogP contribution in [0.1, 0.15) is 23.7 Å². The van der Waals surface area contributed by atoms with Gasteiger partial charge in [-0.1, -0.05) is 41.1 Å². The number of hydrogen-bond acceptors (Lipinski definition) is 1. The Hall–Kier alpha value is -1.48. The van der Waals surface area contributed by atoms with Gasteiger partial charge in [-0.15, -0.1) is 0 Å². The molecule has 1 nitrogen and oxygen atoms in total. The van der Waals surface area contributed by atoms with Gasteiger partial charge in [-0.2, -0.15) is 0 Å². The standard InChI is InChI=1S/C15H12BrFO/c1-2-15(18)11-5-3-4-10(8-11)13-9-12(16)6-7-14(13)17/h3-9H,2H2,1H3. The van der Waals surface area contributed by atoms with Crippen LogP contribution in [-0.4, -0.2) is 5.78 Å². The molecule has 0 N–H and O–H groups in total. The fourth-order valence-electron chi connectivity index (χ4n) is 1.78. The molecule has 18 heavy (non-hydrogen) atoms. The van der Waals surface area contributed by atoms with Gasteiger partial charge >= 0.3 is 0 Å². The van der Waals surface area contributed by atoms with E-state index in [9.17, 15) is 9.18 Å². The van der Waals surface area contributed by atoms with Gasteiger partial charge in [0.2, 0.25) is 0 Å². The predicted molar refractivity (Wildman–Crippen MR) is 74.2 cm³/mol. The normalized spacial score (nSPS) is 10.4. The van der Waals surface area contributed by atoms with Crippen LogP contribution < -0.4 is 0 Å². The highest BCUT2D eigenvalue weighted by molar-refractivity contribution is 9.10. The maximum atomic E-state index is 13.8. The minimum atomic E-state index is -0.292. The molecule has 0 heterocycles. The molecule has 0 bridgehead atoms. The third kappa shape index (κ3) is 2.67. The fraction of sp³-hybridized carbons (Fsp3) is 0.133. The summed E-state index contributed by atoms with van der Waals surface area (Å²) in [5, 5.41) is 0. The van der Waals surface area contributed by atoms with Gasteiger partial charge in [0.25, 0.3) is 0 Å². The van der Waals surface area contributed by atoms with Crippen molar-refractivity contribution in [2.24, 2.45) is 0 Å². The molecular formula is C15H12BrFO. The van der Waals surface area contributed by atoms with Crippen molar-refractivity contribution in [2.45, 2.75) is 13.3 Å². The van der Waals surface area contributed by atoms with E-state index in [0.29, 0.717) is 23.1 Å². The summed E-state index contributed by atoms with van der Waals surface area (Å²) in [4.78, 5) is 11.6. The van der Waals surface area contributed by atoms with Crippen molar-refractivity contribution >= 4 is 21.7 Å². The van der Waals surface area contributed by atoms with E-state index in [0.717, 1.165) is 4.47 Å². The second kappa shape index (κ2) is 5.44. The zero-order valence-corrected chi connectivity index (χ0v) is 11.5. The van der Waals surface area contributed by atoms with Gasteiger partial charge in [-0.05, 0) is 29.8 Å². The van der Waals surface area contributed by atoms with Crippen LogP contribution in [0.15, 0.2) is 46.9 Å². The van der Waals surface area contributed by atoms with Crippen molar-refractivity contribution in [2.75, 3.05) is 0 Å². The van der Waals surface area contributed by atoms with Crippen molar-refractivity contribution in [3.63, 3.8) is 0 Å². The van der Waals surface area contributed by atoms with E-state index in [1.54, 1.807) is 36.4 Å². The van der Waals surface area contributed by atoms with Gasteiger partial charge in [0.15, 0.2) is 5.78 Å². The van der Waals surface area contributed by atoms with Crippen LogP contribution in [0.5, 0.6) is 0 Å². The second-order valence-corrected chi connectivity index (χ2v) is 4.90. The third-order valence-electron chi connectivity index (χ3n) is 2.75. The van der Waals surface area contributed by atoms with Crippen LogP contribution in [0.25, 0.3) is 11.1 Å². The first-order valence-electron chi connectivity index (χ1n) is 5.70. The number of carbonyl (C=O) groups is 1. The van der Waals surface area contributed by atoms with E-state index in [-0.39, 0.29) is 11.6 Å².